The van der Waals surface area contributed by atoms with Gasteiger partial charge in [-0.2, -0.15) is 0 Å². The summed E-state index contributed by atoms with van der Waals surface area (Å²) in [5, 5.41) is 16.6. The molecule has 0 heterocycles. The van der Waals surface area contributed by atoms with Crippen molar-refractivity contribution in [3.8, 4) is 5.75 Å². The number of aliphatic carboxylic acids is 1. The molecular formula is C12H16O4. The molecule has 1 aromatic rings. The third kappa shape index (κ3) is 5.82. The van der Waals surface area contributed by atoms with E-state index in [1.165, 1.54) is 6.92 Å². The van der Waals surface area contributed by atoms with Crippen molar-refractivity contribution in [1.29, 1.82) is 0 Å². The number of benzene rings is 1. The van der Waals surface area contributed by atoms with E-state index in [2.05, 4.69) is 6.58 Å². The molecule has 0 bridgehead atoms. The third-order valence-electron chi connectivity index (χ3n) is 1.71. The van der Waals surface area contributed by atoms with E-state index in [1.54, 1.807) is 7.11 Å². The Balaban J connectivity index is 0.000000325. The molecular weight excluding hydrogens is 208 g/mol. The van der Waals surface area contributed by atoms with Gasteiger partial charge in [0, 0.05) is 5.57 Å². The second-order valence-electron chi connectivity index (χ2n) is 3.09. The quantitative estimate of drug-likeness (QED) is 0.769. The van der Waals surface area contributed by atoms with Crippen molar-refractivity contribution in [1.82, 2.24) is 0 Å². The fraction of sp³-hybridized carbons (Fsp3) is 0.250. The van der Waals surface area contributed by atoms with Crippen LogP contribution in [0.5, 0.6) is 5.75 Å². The molecule has 0 atom stereocenters. The number of ether oxygens (including phenoxy) is 1. The summed E-state index contributed by atoms with van der Waals surface area (Å²) < 4.78 is 4.93. The fourth-order valence-corrected chi connectivity index (χ4v) is 0.731. The molecule has 1 rings (SSSR count). The maximum absolute atomic E-state index is 9.60. The second-order valence-corrected chi connectivity index (χ2v) is 3.09. The predicted octanol–water partition coefficient (Wildman–Crippen LogP) is 1.83. The normalized spacial score (nSPS) is 8.69. The number of carboxylic acids is 1. The zero-order chi connectivity index (χ0) is 12.6. The van der Waals surface area contributed by atoms with Crippen LogP contribution >= 0.6 is 0 Å². The van der Waals surface area contributed by atoms with Crippen molar-refractivity contribution in [2.75, 3.05) is 7.11 Å². The van der Waals surface area contributed by atoms with Gasteiger partial charge in [0.25, 0.3) is 0 Å². The van der Waals surface area contributed by atoms with Gasteiger partial charge in [0.1, 0.15) is 5.75 Å². The van der Waals surface area contributed by atoms with Crippen LogP contribution in [0.3, 0.4) is 0 Å². The Morgan fingerprint density at radius 2 is 1.81 bits per heavy atom. The molecule has 0 unspecified atom stereocenters. The molecule has 0 fully saturated rings. The van der Waals surface area contributed by atoms with Gasteiger partial charge in [-0.25, -0.2) is 4.79 Å². The van der Waals surface area contributed by atoms with Crippen molar-refractivity contribution >= 4 is 5.97 Å². The minimum absolute atomic E-state index is 0.0873. The SMILES string of the molecule is C=C(C)C(=O)O.COc1ccc(CO)cc1. The van der Waals surface area contributed by atoms with E-state index in [0.29, 0.717) is 0 Å². The lowest BCUT2D eigenvalue weighted by Gasteiger charge is -1.98. The lowest BCUT2D eigenvalue weighted by Crippen LogP contribution is -1.92. The number of methoxy groups -OCH3 is 1. The summed E-state index contributed by atoms with van der Waals surface area (Å²) in [4.78, 5) is 9.60. The van der Waals surface area contributed by atoms with E-state index in [1.807, 2.05) is 24.3 Å². The lowest BCUT2D eigenvalue weighted by atomic mass is 10.2. The Labute approximate surface area is 94.8 Å². The topological polar surface area (TPSA) is 66.8 Å². The van der Waals surface area contributed by atoms with E-state index in [9.17, 15) is 4.79 Å². The van der Waals surface area contributed by atoms with Gasteiger partial charge in [-0.3, -0.25) is 0 Å². The van der Waals surface area contributed by atoms with E-state index < -0.39 is 5.97 Å². The van der Waals surface area contributed by atoms with Crippen LogP contribution in [0.2, 0.25) is 0 Å². The molecule has 0 amide bonds. The van der Waals surface area contributed by atoms with Crippen LogP contribution in [0, 0.1) is 0 Å². The van der Waals surface area contributed by atoms with Crippen molar-refractivity contribution in [2.45, 2.75) is 13.5 Å². The van der Waals surface area contributed by atoms with Crippen molar-refractivity contribution in [3.05, 3.63) is 42.0 Å². The van der Waals surface area contributed by atoms with E-state index in [4.69, 9.17) is 14.9 Å². The van der Waals surface area contributed by atoms with E-state index >= 15 is 0 Å². The highest BCUT2D eigenvalue weighted by Gasteiger charge is 1.90. The Bertz CT molecular complexity index is 306. The predicted molar refractivity (Wildman–Crippen MR) is 61.4 cm³/mol. The van der Waals surface area contributed by atoms with Crippen molar-refractivity contribution in [2.24, 2.45) is 0 Å². The highest BCUT2D eigenvalue weighted by Crippen LogP contribution is 2.10. The summed E-state index contributed by atoms with van der Waals surface area (Å²) in [6, 6.07) is 7.31. The third-order valence-corrected chi connectivity index (χ3v) is 1.71. The lowest BCUT2D eigenvalue weighted by molar-refractivity contribution is -0.132. The van der Waals surface area contributed by atoms with Gasteiger partial charge in [0.15, 0.2) is 0 Å². The number of carbonyl (C=O) groups is 1. The molecule has 0 aliphatic rings. The Morgan fingerprint density at radius 3 is 2.06 bits per heavy atom. The van der Waals surface area contributed by atoms with Gasteiger partial charge in [-0.05, 0) is 24.6 Å². The maximum Gasteiger partial charge on any atom is 0.330 e. The molecule has 0 radical (unpaired) electrons. The average molecular weight is 224 g/mol. The van der Waals surface area contributed by atoms with Crippen LogP contribution in [-0.4, -0.2) is 23.3 Å². The second kappa shape index (κ2) is 7.48. The molecule has 0 aliphatic carbocycles. The Kier molecular flexibility index (Phi) is 6.63. The van der Waals surface area contributed by atoms with Gasteiger partial charge in [0.2, 0.25) is 0 Å². The van der Waals surface area contributed by atoms with E-state index in [0.717, 1.165) is 11.3 Å². The number of carboxylic acid groups (broad SMARTS) is 1. The number of aliphatic hydroxyl groups excluding tert-OH is 1. The summed E-state index contributed by atoms with van der Waals surface area (Å²) in [5.74, 6) is -0.118. The molecule has 2 N–H and O–H groups in total. The highest BCUT2D eigenvalue weighted by molar-refractivity contribution is 5.84. The molecule has 4 heteroatoms. The Morgan fingerprint density at radius 1 is 1.38 bits per heavy atom. The summed E-state index contributed by atoms with van der Waals surface area (Å²) in [7, 11) is 1.62. The zero-order valence-electron chi connectivity index (χ0n) is 9.43. The van der Waals surface area contributed by atoms with Crippen LogP contribution < -0.4 is 4.74 Å². The fourth-order valence-electron chi connectivity index (χ4n) is 0.731. The van der Waals surface area contributed by atoms with Crippen LogP contribution in [0.1, 0.15) is 12.5 Å². The largest absolute Gasteiger partial charge is 0.497 e. The van der Waals surface area contributed by atoms with Crippen LogP contribution in [0.4, 0.5) is 0 Å². The molecule has 16 heavy (non-hydrogen) atoms. The highest BCUT2D eigenvalue weighted by atomic mass is 16.5. The first kappa shape index (κ1) is 14.2. The molecule has 0 aliphatic heterocycles. The average Bonchev–Trinajstić information content (AvgIpc) is 2.30. The summed E-state index contributed by atoms with van der Waals surface area (Å²) in [6.45, 7) is 4.69. The first-order chi connectivity index (χ1) is 7.51. The van der Waals surface area contributed by atoms with Gasteiger partial charge < -0.3 is 14.9 Å². The summed E-state index contributed by atoms with van der Waals surface area (Å²) in [5.41, 5.74) is 1.08. The summed E-state index contributed by atoms with van der Waals surface area (Å²) >= 11 is 0. The molecule has 88 valence electrons. The first-order valence-electron chi connectivity index (χ1n) is 4.63. The molecule has 4 nitrogen and oxygen atoms in total. The molecule has 0 saturated carbocycles. The Hall–Kier alpha value is -1.81. The van der Waals surface area contributed by atoms with Gasteiger partial charge in [-0.15, -0.1) is 0 Å². The van der Waals surface area contributed by atoms with Crippen LogP contribution in [0.15, 0.2) is 36.4 Å². The molecule has 0 aromatic heterocycles. The van der Waals surface area contributed by atoms with Crippen molar-refractivity contribution < 1.29 is 19.7 Å². The zero-order valence-corrected chi connectivity index (χ0v) is 9.43. The molecule has 0 saturated heterocycles. The number of hydrogen-bond donors (Lipinski definition) is 2. The number of hydrogen-bond acceptors (Lipinski definition) is 3. The molecule has 0 spiro atoms. The number of rotatable bonds is 3. The molecule has 1 aromatic carbocycles. The van der Waals surface area contributed by atoms with Crippen LogP contribution in [0.25, 0.3) is 0 Å². The maximum atomic E-state index is 9.60. The van der Waals surface area contributed by atoms with Gasteiger partial charge in [-0.1, -0.05) is 18.7 Å². The van der Waals surface area contributed by atoms with Gasteiger partial charge in [0.05, 0.1) is 13.7 Å². The minimum atomic E-state index is -0.935. The standard InChI is InChI=1S/C8H10O2.C4H6O2/c1-10-8-4-2-7(6-9)3-5-8;1-3(2)4(5)6/h2-5,9H,6H2,1H3;1H2,2H3,(H,5,6). The van der Waals surface area contributed by atoms with Gasteiger partial charge >= 0.3 is 5.97 Å². The minimum Gasteiger partial charge on any atom is -0.497 e. The first-order valence-corrected chi connectivity index (χ1v) is 4.63. The van der Waals surface area contributed by atoms with Crippen molar-refractivity contribution in [3.63, 3.8) is 0 Å². The smallest absolute Gasteiger partial charge is 0.330 e. The van der Waals surface area contributed by atoms with Crippen LogP contribution in [-0.2, 0) is 11.4 Å². The van der Waals surface area contributed by atoms with E-state index in [-0.39, 0.29) is 12.2 Å². The monoisotopic (exact) mass is 224 g/mol. The summed E-state index contributed by atoms with van der Waals surface area (Å²) in [6.07, 6.45) is 0. The number of aliphatic hydroxyl groups is 1.